The van der Waals surface area contributed by atoms with E-state index in [9.17, 15) is 14.9 Å². The molecule has 0 amide bonds. The molecule has 0 bridgehead atoms. The van der Waals surface area contributed by atoms with Crippen molar-refractivity contribution in [3.8, 4) is 0 Å². The molecule has 11 heavy (non-hydrogen) atoms. The number of nitro groups is 1. The van der Waals surface area contributed by atoms with Gasteiger partial charge >= 0.3 is 12.3 Å². The monoisotopic (exact) mass is 156 g/mol. The molecule has 1 rings (SSSR count). The minimum absolute atomic E-state index is 0.118. The van der Waals surface area contributed by atoms with Crippen LogP contribution in [0.3, 0.4) is 0 Å². The highest BCUT2D eigenvalue weighted by molar-refractivity contribution is 5.38. The second-order valence-corrected chi connectivity index (χ2v) is 1.65. The van der Waals surface area contributed by atoms with Crippen LogP contribution in [-0.2, 0) is 4.79 Å². The normalized spacial score (nSPS) is 9.09. The van der Waals surface area contributed by atoms with Gasteiger partial charge in [0.1, 0.15) is 6.20 Å². The number of nitrogens with zero attached hydrogens (tertiary/aromatic N) is 2. The Kier molecular flexibility index (Phi) is 1.86. The van der Waals surface area contributed by atoms with Gasteiger partial charge in [-0.2, -0.15) is 0 Å². The third-order valence-electron chi connectivity index (χ3n) is 1.04. The van der Waals surface area contributed by atoms with Crippen LogP contribution in [0.15, 0.2) is 18.3 Å². The maximum atomic E-state index is 10.1. The number of hydrogen-bond donors (Lipinski definition) is 0. The van der Waals surface area contributed by atoms with E-state index < -0.39 is 4.92 Å². The lowest BCUT2D eigenvalue weighted by molar-refractivity contribution is -0.395. The Bertz CT molecular complexity index is 280. The minimum Gasteiger partial charge on any atom is -0.358 e. The fourth-order valence-corrected chi connectivity index (χ4v) is 0.634. The van der Waals surface area contributed by atoms with E-state index in [1.54, 1.807) is 0 Å². The van der Waals surface area contributed by atoms with Gasteiger partial charge in [-0.15, -0.1) is 0 Å². The molecule has 0 spiro atoms. The first-order chi connectivity index (χ1) is 5.25. The van der Waals surface area contributed by atoms with Crippen molar-refractivity contribution in [3.05, 3.63) is 28.4 Å². The van der Waals surface area contributed by atoms with E-state index in [1.807, 2.05) is 0 Å². The van der Waals surface area contributed by atoms with E-state index in [4.69, 9.17) is 0 Å². The standard InChI is InChI=1S/C5H4N2O4/c8-4-11-6-3-1-2-5(6)7(9)10/h1-4H. The number of rotatable bonds is 3. The van der Waals surface area contributed by atoms with Gasteiger partial charge in [0.05, 0.1) is 0 Å². The van der Waals surface area contributed by atoms with Crippen LogP contribution in [0.25, 0.3) is 0 Å². The topological polar surface area (TPSA) is 74.4 Å². The molecule has 0 N–H and O–H groups in total. The van der Waals surface area contributed by atoms with Gasteiger partial charge in [0.15, 0.2) is 0 Å². The second-order valence-electron chi connectivity index (χ2n) is 1.65. The Hall–Kier alpha value is -1.85. The first-order valence-corrected chi connectivity index (χ1v) is 2.68. The molecule has 0 unspecified atom stereocenters. The molecular weight excluding hydrogens is 152 g/mol. The molecule has 0 aliphatic heterocycles. The highest BCUT2D eigenvalue weighted by Gasteiger charge is 2.11. The lowest BCUT2D eigenvalue weighted by Crippen LogP contribution is -2.10. The summed E-state index contributed by atoms with van der Waals surface area (Å²) >= 11 is 0. The van der Waals surface area contributed by atoms with Crippen LogP contribution < -0.4 is 4.84 Å². The zero-order valence-corrected chi connectivity index (χ0v) is 5.34. The van der Waals surface area contributed by atoms with Crippen molar-refractivity contribution in [2.75, 3.05) is 0 Å². The van der Waals surface area contributed by atoms with Gasteiger partial charge in [-0.25, -0.2) is 0 Å². The van der Waals surface area contributed by atoms with Gasteiger partial charge in [0.2, 0.25) is 0 Å². The second kappa shape index (κ2) is 2.82. The van der Waals surface area contributed by atoms with Crippen LogP contribution in [0, 0.1) is 10.1 Å². The van der Waals surface area contributed by atoms with Crippen LogP contribution in [0.4, 0.5) is 5.82 Å². The van der Waals surface area contributed by atoms with Crippen LogP contribution in [0.1, 0.15) is 0 Å². The number of hydrogen-bond acceptors (Lipinski definition) is 4. The summed E-state index contributed by atoms with van der Waals surface area (Å²) in [7, 11) is 0. The van der Waals surface area contributed by atoms with Crippen LogP contribution in [0.2, 0.25) is 0 Å². The SMILES string of the molecule is O=COn1cccc1[N+](=O)[O-]. The van der Waals surface area contributed by atoms with E-state index in [1.165, 1.54) is 18.3 Å². The lowest BCUT2D eigenvalue weighted by atomic mass is 10.6. The number of carbonyl (C=O) groups is 1. The highest BCUT2D eigenvalue weighted by atomic mass is 16.7. The quantitative estimate of drug-likeness (QED) is 0.350. The molecule has 0 aromatic carbocycles. The third kappa shape index (κ3) is 1.34. The zero-order chi connectivity index (χ0) is 8.27. The molecule has 0 atom stereocenters. The molecule has 58 valence electrons. The summed E-state index contributed by atoms with van der Waals surface area (Å²) in [6.45, 7) is 0.118. The van der Waals surface area contributed by atoms with E-state index >= 15 is 0 Å². The zero-order valence-electron chi connectivity index (χ0n) is 5.34. The first-order valence-electron chi connectivity index (χ1n) is 2.68. The van der Waals surface area contributed by atoms with E-state index in [2.05, 4.69) is 4.84 Å². The van der Waals surface area contributed by atoms with Crippen molar-refractivity contribution in [2.24, 2.45) is 0 Å². The maximum Gasteiger partial charge on any atom is 0.362 e. The Morgan fingerprint density at radius 2 is 2.45 bits per heavy atom. The smallest absolute Gasteiger partial charge is 0.358 e. The average Bonchev–Trinajstić information content (AvgIpc) is 2.36. The first kappa shape index (κ1) is 7.26. The molecule has 1 heterocycles. The molecule has 0 radical (unpaired) electrons. The summed E-state index contributed by atoms with van der Waals surface area (Å²) < 4.78 is 0.771. The van der Waals surface area contributed by atoms with Gasteiger partial charge in [0.25, 0.3) is 0 Å². The summed E-state index contributed by atoms with van der Waals surface area (Å²) in [5.41, 5.74) is 0. The summed E-state index contributed by atoms with van der Waals surface area (Å²) in [4.78, 5) is 23.5. The molecule has 0 fully saturated rings. The Morgan fingerprint density at radius 3 is 3.00 bits per heavy atom. The Morgan fingerprint density at radius 1 is 1.73 bits per heavy atom. The molecule has 0 aliphatic carbocycles. The maximum absolute atomic E-state index is 10.1. The minimum atomic E-state index is -0.649. The van der Waals surface area contributed by atoms with Gasteiger partial charge in [-0.3, -0.25) is 9.63 Å². The largest absolute Gasteiger partial charge is 0.362 e. The fraction of sp³-hybridized carbons (Fsp3) is 0. The molecule has 0 aliphatic rings. The Balaban J connectivity index is 2.95. The van der Waals surface area contributed by atoms with Crippen molar-refractivity contribution in [2.45, 2.75) is 0 Å². The molecule has 1 aromatic heterocycles. The predicted molar refractivity (Wildman–Crippen MR) is 33.7 cm³/mol. The van der Waals surface area contributed by atoms with Crippen molar-refractivity contribution in [1.82, 2.24) is 4.73 Å². The molecule has 6 heteroatoms. The predicted octanol–water partition coefficient (Wildman–Crippen LogP) is -0.0187. The molecule has 1 aromatic rings. The lowest BCUT2D eigenvalue weighted by Gasteiger charge is -1.93. The number of carbonyl (C=O) groups excluding carboxylic acids is 1. The van der Waals surface area contributed by atoms with E-state index in [0.29, 0.717) is 0 Å². The molecule has 0 saturated heterocycles. The number of aromatic nitrogens is 1. The highest BCUT2D eigenvalue weighted by Crippen LogP contribution is 2.08. The van der Waals surface area contributed by atoms with E-state index in [0.717, 1.165) is 4.73 Å². The van der Waals surface area contributed by atoms with Crippen molar-refractivity contribution in [3.63, 3.8) is 0 Å². The summed E-state index contributed by atoms with van der Waals surface area (Å²) in [5.74, 6) is -0.280. The summed E-state index contributed by atoms with van der Waals surface area (Å²) in [6.07, 6.45) is 1.27. The third-order valence-corrected chi connectivity index (χ3v) is 1.04. The van der Waals surface area contributed by atoms with Crippen molar-refractivity contribution < 1.29 is 14.6 Å². The molecule has 0 saturated carbocycles. The average molecular weight is 156 g/mol. The van der Waals surface area contributed by atoms with Gasteiger partial charge in [0, 0.05) is 6.07 Å². The fourth-order valence-electron chi connectivity index (χ4n) is 0.634. The van der Waals surface area contributed by atoms with Crippen molar-refractivity contribution in [1.29, 1.82) is 0 Å². The molecule has 6 nitrogen and oxygen atoms in total. The Labute approximate surface area is 61.1 Å². The van der Waals surface area contributed by atoms with Crippen LogP contribution in [0.5, 0.6) is 0 Å². The van der Waals surface area contributed by atoms with Crippen LogP contribution >= 0.6 is 0 Å². The summed E-state index contributed by atoms with van der Waals surface area (Å²) in [6, 6.07) is 2.63. The van der Waals surface area contributed by atoms with Gasteiger partial charge in [-0.1, -0.05) is 0 Å². The summed E-state index contributed by atoms with van der Waals surface area (Å²) in [5, 5.41) is 10.1. The van der Waals surface area contributed by atoms with Gasteiger partial charge < -0.3 is 10.1 Å². The van der Waals surface area contributed by atoms with Crippen molar-refractivity contribution >= 4 is 12.3 Å². The molecular formula is C5H4N2O4. The van der Waals surface area contributed by atoms with E-state index in [-0.39, 0.29) is 12.3 Å². The van der Waals surface area contributed by atoms with Crippen LogP contribution in [-0.4, -0.2) is 16.1 Å². The van der Waals surface area contributed by atoms with Gasteiger partial charge in [-0.05, 0) is 15.7 Å².